The standard InChI is InChI=1S/C11H20O2/c1-3-5-6-7-8-9-10(4-2)11(12)13/h4H,3,5-9H2,1-2H3,(H,12,13). The van der Waals surface area contributed by atoms with Crippen molar-refractivity contribution < 1.29 is 9.90 Å². The zero-order valence-corrected chi connectivity index (χ0v) is 8.68. The second-order valence-electron chi connectivity index (χ2n) is 3.28. The quantitative estimate of drug-likeness (QED) is 0.486. The Morgan fingerprint density at radius 3 is 2.31 bits per heavy atom. The van der Waals surface area contributed by atoms with Gasteiger partial charge in [0.25, 0.3) is 0 Å². The summed E-state index contributed by atoms with van der Waals surface area (Å²) in [4.78, 5) is 10.6. The Hall–Kier alpha value is -0.790. The van der Waals surface area contributed by atoms with Gasteiger partial charge in [-0.1, -0.05) is 38.7 Å². The highest BCUT2D eigenvalue weighted by Gasteiger charge is 2.04. The van der Waals surface area contributed by atoms with Crippen LogP contribution in [0.25, 0.3) is 0 Å². The number of aliphatic carboxylic acids is 1. The number of unbranched alkanes of at least 4 members (excludes halogenated alkanes) is 4. The Morgan fingerprint density at radius 2 is 1.85 bits per heavy atom. The molecule has 2 heteroatoms. The Kier molecular flexibility index (Phi) is 7.36. The maximum Gasteiger partial charge on any atom is 0.331 e. The molecule has 0 aliphatic carbocycles. The van der Waals surface area contributed by atoms with Crippen LogP contribution in [0.15, 0.2) is 11.6 Å². The van der Waals surface area contributed by atoms with Gasteiger partial charge in [0, 0.05) is 5.57 Å². The summed E-state index contributed by atoms with van der Waals surface area (Å²) in [5.41, 5.74) is 0.552. The fourth-order valence-corrected chi connectivity index (χ4v) is 1.29. The molecule has 0 unspecified atom stereocenters. The highest BCUT2D eigenvalue weighted by Crippen LogP contribution is 2.10. The molecule has 13 heavy (non-hydrogen) atoms. The van der Waals surface area contributed by atoms with Crippen molar-refractivity contribution in [2.75, 3.05) is 0 Å². The fraction of sp³-hybridized carbons (Fsp3) is 0.727. The van der Waals surface area contributed by atoms with Crippen molar-refractivity contribution in [1.82, 2.24) is 0 Å². The summed E-state index contributed by atoms with van der Waals surface area (Å²) in [5.74, 6) is -0.766. The lowest BCUT2D eigenvalue weighted by Crippen LogP contribution is -1.99. The van der Waals surface area contributed by atoms with Crippen molar-refractivity contribution in [2.45, 2.75) is 52.4 Å². The average Bonchev–Trinajstić information content (AvgIpc) is 2.10. The van der Waals surface area contributed by atoms with Gasteiger partial charge in [0.1, 0.15) is 0 Å². The maximum atomic E-state index is 10.6. The summed E-state index contributed by atoms with van der Waals surface area (Å²) >= 11 is 0. The van der Waals surface area contributed by atoms with Crippen LogP contribution in [0.2, 0.25) is 0 Å². The van der Waals surface area contributed by atoms with Crippen LogP contribution in [0.5, 0.6) is 0 Å². The van der Waals surface area contributed by atoms with E-state index >= 15 is 0 Å². The van der Waals surface area contributed by atoms with E-state index in [0.717, 1.165) is 19.3 Å². The van der Waals surface area contributed by atoms with Gasteiger partial charge in [-0.05, 0) is 19.8 Å². The van der Waals surface area contributed by atoms with Crippen LogP contribution in [-0.2, 0) is 4.79 Å². The molecule has 0 spiro atoms. The molecule has 0 heterocycles. The van der Waals surface area contributed by atoms with Crippen LogP contribution >= 0.6 is 0 Å². The molecule has 0 bridgehead atoms. The average molecular weight is 184 g/mol. The second kappa shape index (κ2) is 7.84. The second-order valence-corrected chi connectivity index (χ2v) is 3.28. The first kappa shape index (κ1) is 12.2. The summed E-state index contributed by atoms with van der Waals surface area (Å²) in [5, 5.41) is 8.71. The molecule has 0 aliphatic heterocycles. The first-order valence-corrected chi connectivity index (χ1v) is 5.10. The number of carboxylic acid groups (broad SMARTS) is 1. The predicted molar refractivity (Wildman–Crippen MR) is 54.8 cm³/mol. The van der Waals surface area contributed by atoms with E-state index in [4.69, 9.17) is 5.11 Å². The molecule has 0 rings (SSSR count). The molecule has 0 aromatic heterocycles. The zero-order valence-electron chi connectivity index (χ0n) is 8.68. The molecule has 2 nitrogen and oxygen atoms in total. The molecule has 76 valence electrons. The van der Waals surface area contributed by atoms with Crippen LogP contribution in [0.1, 0.15) is 52.4 Å². The van der Waals surface area contributed by atoms with Crippen LogP contribution < -0.4 is 0 Å². The molecule has 0 aromatic rings. The molecule has 0 amide bonds. The lowest BCUT2D eigenvalue weighted by atomic mass is 10.1. The summed E-state index contributed by atoms with van der Waals surface area (Å²) in [6.07, 6.45) is 8.29. The third-order valence-corrected chi connectivity index (χ3v) is 2.17. The molecule has 0 aromatic carbocycles. The summed E-state index contributed by atoms with van der Waals surface area (Å²) < 4.78 is 0. The topological polar surface area (TPSA) is 37.3 Å². The largest absolute Gasteiger partial charge is 0.478 e. The number of rotatable bonds is 7. The highest BCUT2D eigenvalue weighted by atomic mass is 16.4. The van der Waals surface area contributed by atoms with Crippen molar-refractivity contribution in [1.29, 1.82) is 0 Å². The third kappa shape index (κ3) is 6.38. The molecule has 0 saturated heterocycles. The van der Waals surface area contributed by atoms with E-state index < -0.39 is 5.97 Å². The van der Waals surface area contributed by atoms with Gasteiger partial charge in [-0.2, -0.15) is 0 Å². The maximum absolute atomic E-state index is 10.6. The highest BCUT2D eigenvalue weighted by molar-refractivity contribution is 5.86. The van der Waals surface area contributed by atoms with Crippen molar-refractivity contribution in [3.8, 4) is 0 Å². The number of carboxylic acids is 1. The summed E-state index contributed by atoms with van der Waals surface area (Å²) in [6, 6.07) is 0. The van der Waals surface area contributed by atoms with E-state index in [0.29, 0.717) is 5.57 Å². The number of hydrogen-bond donors (Lipinski definition) is 1. The lowest BCUT2D eigenvalue weighted by Gasteiger charge is -2.01. The van der Waals surface area contributed by atoms with Gasteiger partial charge in [-0.3, -0.25) is 0 Å². The number of carbonyl (C=O) groups is 1. The minimum atomic E-state index is -0.766. The SMILES string of the molecule is CC=C(CCCCCCC)C(=O)O. The van der Waals surface area contributed by atoms with Gasteiger partial charge in [0.05, 0.1) is 0 Å². The molecule has 0 aliphatic rings. The van der Waals surface area contributed by atoms with Crippen LogP contribution in [0.4, 0.5) is 0 Å². The normalized spacial score (nSPS) is 11.7. The van der Waals surface area contributed by atoms with Gasteiger partial charge in [0.2, 0.25) is 0 Å². The van der Waals surface area contributed by atoms with E-state index in [-0.39, 0.29) is 0 Å². The van der Waals surface area contributed by atoms with Gasteiger partial charge < -0.3 is 5.11 Å². The molecular weight excluding hydrogens is 164 g/mol. The van der Waals surface area contributed by atoms with Gasteiger partial charge in [-0.25, -0.2) is 4.79 Å². The Bertz CT molecular complexity index is 171. The molecular formula is C11H20O2. The first-order valence-electron chi connectivity index (χ1n) is 5.10. The number of allylic oxidation sites excluding steroid dienone is 1. The predicted octanol–water partition coefficient (Wildman–Crippen LogP) is 3.38. The smallest absolute Gasteiger partial charge is 0.331 e. The van der Waals surface area contributed by atoms with Gasteiger partial charge in [0.15, 0.2) is 0 Å². The monoisotopic (exact) mass is 184 g/mol. The van der Waals surface area contributed by atoms with E-state index in [1.807, 2.05) is 0 Å². The van der Waals surface area contributed by atoms with Crippen molar-refractivity contribution in [3.63, 3.8) is 0 Å². The summed E-state index contributed by atoms with van der Waals surface area (Å²) in [7, 11) is 0. The van der Waals surface area contributed by atoms with Crippen molar-refractivity contribution in [3.05, 3.63) is 11.6 Å². The van der Waals surface area contributed by atoms with Crippen LogP contribution in [0.3, 0.4) is 0 Å². The van der Waals surface area contributed by atoms with E-state index in [9.17, 15) is 4.79 Å². The first-order chi connectivity index (χ1) is 6.22. The summed E-state index contributed by atoms with van der Waals surface area (Å²) in [6.45, 7) is 3.96. The Morgan fingerprint density at radius 1 is 1.23 bits per heavy atom. The van der Waals surface area contributed by atoms with Crippen molar-refractivity contribution >= 4 is 5.97 Å². The van der Waals surface area contributed by atoms with Crippen LogP contribution in [0, 0.1) is 0 Å². The van der Waals surface area contributed by atoms with Crippen molar-refractivity contribution in [2.24, 2.45) is 0 Å². The van der Waals surface area contributed by atoms with E-state index in [2.05, 4.69) is 6.92 Å². The third-order valence-electron chi connectivity index (χ3n) is 2.17. The van der Waals surface area contributed by atoms with Gasteiger partial charge >= 0.3 is 5.97 Å². The van der Waals surface area contributed by atoms with E-state index in [1.54, 1.807) is 13.0 Å². The Labute approximate surface area is 80.7 Å². The zero-order chi connectivity index (χ0) is 10.1. The molecule has 0 atom stereocenters. The van der Waals surface area contributed by atoms with Gasteiger partial charge in [-0.15, -0.1) is 0 Å². The Balaban J connectivity index is 3.46. The van der Waals surface area contributed by atoms with Crippen LogP contribution in [-0.4, -0.2) is 11.1 Å². The lowest BCUT2D eigenvalue weighted by molar-refractivity contribution is -0.132. The molecule has 0 fully saturated rings. The molecule has 0 radical (unpaired) electrons. The fourth-order valence-electron chi connectivity index (χ4n) is 1.29. The minimum Gasteiger partial charge on any atom is -0.478 e. The minimum absolute atomic E-state index is 0.552. The number of hydrogen-bond acceptors (Lipinski definition) is 1. The molecule has 0 saturated carbocycles. The molecule has 1 N–H and O–H groups in total. The van der Waals surface area contributed by atoms with E-state index in [1.165, 1.54) is 19.3 Å².